The first-order chi connectivity index (χ1) is 10.2. The van der Waals surface area contributed by atoms with Crippen LogP contribution in [0.1, 0.15) is 13.3 Å². The van der Waals surface area contributed by atoms with Crippen LogP contribution in [-0.4, -0.2) is 54.8 Å². The summed E-state index contributed by atoms with van der Waals surface area (Å²) in [5.74, 6) is 7.70. The summed E-state index contributed by atoms with van der Waals surface area (Å²) in [4.78, 5) is 18.8. The molecule has 21 heavy (non-hydrogen) atoms. The molecular formula is C11H19N9S. The lowest BCUT2D eigenvalue weighted by molar-refractivity contribution is 0.647. The lowest BCUT2D eigenvalue weighted by Gasteiger charge is -2.25. The maximum absolute atomic E-state index is 5.43. The third-order valence-electron chi connectivity index (χ3n) is 3.08. The molecule has 10 heteroatoms. The number of aromatic nitrogens is 6. The molecule has 0 aromatic carbocycles. The Balaban J connectivity index is 2.28. The zero-order valence-corrected chi connectivity index (χ0v) is 13.1. The van der Waals surface area contributed by atoms with Gasteiger partial charge in [0, 0.05) is 13.1 Å². The zero-order valence-electron chi connectivity index (χ0n) is 12.3. The highest BCUT2D eigenvalue weighted by molar-refractivity contribution is 7.98. The number of rotatable bonds is 7. The number of anilines is 2. The molecule has 0 radical (unpaired) electrons. The number of nitrogens with one attached hydrogen (secondary N) is 1. The Kier molecular flexibility index (Phi) is 5.28. The summed E-state index contributed by atoms with van der Waals surface area (Å²) in [5.41, 5.74) is 2.45. The first kappa shape index (κ1) is 15.4. The van der Waals surface area contributed by atoms with Gasteiger partial charge in [-0.1, -0.05) is 0 Å². The SMILES string of the molecule is CSCCC(C)N(C)c1nc(NN)nc(-n2cncn2)n1. The molecule has 0 aliphatic carbocycles. The largest absolute Gasteiger partial charge is 0.341 e. The summed E-state index contributed by atoms with van der Waals surface area (Å²) < 4.78 is 1.46. The molecule has 0 amide bonds. The molecule has 0 fully saturated rings. The summed E-state index contributed by atoms with van der Waals surface area (Å²) >= 11 is 1.82. The topological polar surface area (TPSA) is 111 Å². The van der Waals surface area contributed by atoms with Gasteiger partial charge in [0.05, 0.1) is 0 Å². The molecule has 1 unspecified atom stereocenters. The van der Waals surface area contributed by atoms with Crippen LogP contribution >= 0.6 is 11.8 Å². The monoisotopic (exact) mass is 309 g/mol. The number of nitrogen functional groups attached to an aromatic ring is 1. The van der Waals surface area contributed by atoms with Crippen molar-refractivity contribution < 1.29 is 0 Å². The maximum atomic E-state index is 5.43. The molecule has 0 bridgehead atoms. The van der Waals surface area contributed by atoms with E-state index in [0.29, 0.717) is 17.9 Å². The first-order valence-corrected chi connectivity index (χ1v) is 7.84. The predicted octanol–water partition coefficient (Wildman–Crippen LogP) is 0.316. The zero-order chi connectivity index (χ0) is 15.2. The minimum atomic E-state index is 0.286. The van der Waals surface area contributed by atoms with E-state index in [4.69, 9.17) is 5.84 Å². The molecule has 9 nitrogen and oxygen atoms in total. The second-order valence-electron chi connectivity index (χ2n) is 4.48. The number of hydrogen-bond acceptors (Lipinski definition) is 9. The van der Waals surface area contributed by atoms with E-state index in [0.717, 1.165) is 12.2 Å². The standard InChI is InChI=1S/C11H19N9S/c1-8(4-5-21-3)19(2)10-15-9(18-12)16-11(17-10)20-7-13-6-14-20/h6-8H,4-5,12H2,1-3H3,(H,15,16,17,18). The van der Waals surface area contributed by atoms with Gasteiger partial charge in [0.1, 0.15) is 12.7 Å². The molecule has 3 N–H and O–H groups in total. The van der Waals surface area contributed by atoms with Gasteiger partial charge in [-0.3, -0.25) is 5.43 Å². The average Bonchev–Trinajstić information content (AvgIpc) is 3.05. The van der Waals surface area contributed by atoms with Gasteiger partial charge in [0.2, 0.25) is 11.9 Å². The van der Waals surface area contributed by atoms with Crippen LogP contribution < -0.4 is 16.2 Å². The molecule has 2 rings (SSSR count). The van der Waals surface area contributed by atoms with Crippen LogP contribution in [0.3, 0.4) is 0 Å². The highest BCUT2D eigenvalue weighted by atomic mass is 32.2. The number of nitrogens with two attached hydrogens (primary N) is 1. The molecule has 0 aliphatic rings. The van der Waals surface area contributed by atoms with Gasteiger partial charge in [-0.25, -0.2) is 10.8 Å². The van der Waals surface area contributed by atoms with Crippen molar-refractivity contribution in [1.82, 2.24) is 29.7 Å². The van der Waals surface area contributed by atoms with E-state index in [-0.39, 0.29) is 5.95 Å². The highest BCUT2D eigenvalue weighted by Crippen LogP contribution is 2.15. The fraction of sp³-hybridized carbons (Fsp3) is 0.545. The van der Waals surface area contributed by atoms with Gasteiger partial charge in [-0.15, -0.1) is 0 Å². The third-order valence-corrected chi connectivity index (χ3v) is 3.72. The second-order valence-corrected chi connectivity index (χ2v) is 5.47. The van der Waals surface area contributed by atoms with E-state index in [1.807, 2.05) is 23.7 Å². The van der Waals surface area contributed by atoms with Crippen molar-refractivity contribution in [3.05, 3.63) is 12.7 Å². The Morgan fingerprint density at radius 1 is 1.43 bits per heavy atom. The number of hydrazine groups is 1. The van der Waals surface area contributed by atoms with E-state index >= 15 is 0 Å². The van der Waals surface area contributed by atoms with Gasteiger partial charge in [-0.2, -0.15) is 36.5 Å². The van der Waals surface area contributed by atoms with E-state index in [9.17, 15) is 0 Å². The quantitative estimate of drug-likeness (QED) is 0.551. The van der Waals surface area contributed by atoms with Crippen LogP contribution in [0.5, 0.6) is 0 Å². The van der Waals surface area contributed by atoms with E-state index in [2.05, 4.69) is 43.6 Å². The molecule has 2 aromatic rings. The Bertz CT molecular complexity index is 559. The van der Waals surface area contributed by atoms with Crippen molar-refractivity contribution in [2.24, 2.45) is 5.84 Å². The van der Waals surface area contributed by atoms with Gasteiger partial charge in [0.25, 0.3) is 5.95 Å². The maximum Gasteiger partial charge on any atom is 0.258 e. The van der Waals surface area contributed by atoms with Crippen LogP contribution in [-0.2, 0) is 0 Å². The van der Waals surface area contributed by atoms with Crippen molar-refractivity contribution >= 4 is 23.7 Å². The first-order valence-electron chi connectivity index (χ1n) is 6.45. The van der Waals surface area contributed by atoms with Crippen LogP contribution in [0.15, 0.2) is 12.7 Å². The van der Waals surface area contributed by atoms with Crippen molar-refractivity contribution in [3.63, 3.8) is 0 Å². The number of thioether (sulfide) groups is 1. The van der Waals surface area contributed by atoms with Crippen molar-refractivity contribution in [2.75, 3.05) is 29.4 Å². The predicted molar refractivity (Wildman–Crippen MR) is 83.4 cm³/mol. The van der Waals surface area contributed by atoms with Crippen LogP contribution in [0.25, 0.3) is 5.95 Å². The smallest absolute Gasteiger partial charge is 0.258 e. The molecule has 2 aromatic heterocycles. The summed E-state index contributed by atoms with van der Waals surface area (Å²) in [5, 5.41) is 4.02. The molecule has 0 spiro atoms. The minimum absolute atomic E-state index is 0.286. The van der Waals surface area contributed by atoms with Crippen LogP contribution in [0, 0.1) is 0 Å². The summed E-state index contributed by atoms with van der Waals surface area (Å²) in [7, 11) is 1.95. The molecule has 0 saturated heterocycles. The molecule has 2 heterocycles. The third kappa shape index (κ3) is 3.79. The average molecular weight is 309 g/mol. The van der Waals surface area contributed by atoms with Crippen molar-refractivity contribution in [2.45, 2.75) is 19.4 Å². The number of hydrogen-bond donors (Lipinski definition) is 2. The molecule has 114 valence electrons. The molecule has 0 aliphatic heterocycles. The summed E-state index contributed by atoms with van der Waals surface area (Å²) in [6.45, 7) is 2.13. The fourth-order valence-electron chi connectivity index (χ4n) is 1.67. The molecular weight excluding hydrogens is 290 g/mol. The van der Waals surface area contributed by atoms with Crippen molar-refractivity contribution in [1.29, 1.82) is 0 Å². The van der Waals surface area contributed by atoms with Gasteiger partial charge < -0.3 is 4.90 Å². The van der Waals surface area contributed by atoms with Crippen LogP contribution in [0.2, 0.25) is 0 Å². The lowest BCUT2D eigenvalue weighted by atomic mass is 10.2. The fourth-order valence-corrected chi connectivity index (χ4v) is 2.25. The Labute approximate surface area is 127 Å². The second kappa shape index (κ2) is 7.18. The lowest BCUT2D eigenvalue weighted by Crippen LogP contribution is -2.32. The normalized spacial score (nSPS) is 12.2. The Hall–Kier alpha value is -1.94. The summed E-state index contributed by atoms with van der Waals surface area (Å²) in [6.07, 6.45) is 6.07. The minimum Gasteiger partial charge on any atom is -0.341 e. The highest BCUT2D eigenvalue weighted by Gasteiger charge is 2.16. The van der Waals surface area contributed by atoms with Crippen LogP contribution in [0.4, 0.5) is 11.9 Å². The van der Waals surface area contributed by atoms with E-state index < -0.39 is 0 Å². The van der Waals surface area contributed by atoms with Gasteiger partial charge in [-0.05, 0) is 25.4 Å². The van der Waals surface area contributed by atoms with Crippen molar-refractivity contribution in [3.8, 4) is 5.95 Å². The van der Waals surface area contributed by atoms with E-state index in [1.165, 1.54) is 17.3 Å². The Morgan fingerprint density at radius 2 is 2.24 bits per heavy atom. The van der Waals surface area contributed by atoms with Gasteiger partial charge in [0.15, 0.2) is 0 Å². The summed E-state index contributed by atoms with van der Waals surface area (Å²) in [6, 6.07) is 0.300. The Morgan fingerprint density at radius 3 is 2.86 bits per heavy atom. The molecule has 1 atom stereocenters. The molecule has 0 saturated carbocycles. The van der Waals surface area contributed by atoms with Gasteiger partial charge >= 0.3 is 0 Å². The number of nitrogens with zero attached hydrogens (tertiary/aromatic N) is 7. The van der Waals surface area contributed by atoms with E-state index in [1.54, 1.807) is 0 Å².